The van der Waals surface area contributed by atoms with Crippen LogP contribution in [0.1, 0.15) is 0 Å². The number of terminal acetylenes is 1. The van der Waals surface area contributed by atoms with Crippen molar-refractivity contribution in [1.82, 2.24) is 10.2 Å². The Morgan fingerprint density at radius 1 is 1.24 bits per heavy atom. The third-order valence-electron chi connectivity index (χ3n) is 2.39. The van der Waals surface area contributed by atoms with Crippen molar-refractivity contribution in [2.75, 3.05) is 25.0 Å². The van der Waals surface area contributed by atoms with Crippen LogP contribution in [0.3, 0.4) is 0 Å². The van der Waals surface area contributed by atoms with Crippen LogP contribution < -0.4 is 10.6 Å². The first-order valence-corrected chi connectivity index (χ1v) is 6.06. The van der Waals surface area contributed by atoms with Gasteiger partial charge in [-0.05, 0) is 12.1 Å². The van der Waals surface area contributed by atoms with E-state index in [-0.39, 0.29) is 13.1 Å². The number of carbonyl (C=O) groups excluding carboxylic acids is 2. The summed E-state index contributed by atoms with van der Waals surface area (Å²) >= 11 is 0. The summed E-state index contributed by atoms with van der Waals surface area (Å²) in [5.41, 5.74) is 0.577. The van der Waals surface area contributed by atoms with E-state index in [0.717, 1.165) is 4.90 Å². The number of rotatable bonds is 6. The largest absolute Gasteiger partial charge is 0.480 e. The number of urea groups is 1. The molecule has 3 N–H and O–H groups in total. The molecule has 0 radical (unpaired) electrons. The highest BCUT2D eigenvalue weighted by Gasteiger charge is 2.16. The molecular weight excluding hydrogens is 274 g/mol. The molecule has 110 valence electrons. The van der Waals surface area contributed by atoms with Crippen LogP contribution in [-0.4, -0.2) is 47.5 Å². The van der Waals surface area contributed by atoms with E-state index in [9.17, 15) is 14.4 Å². The molecule has 0 atom stereocenters. The number of benzene rings is 1. The molecule has 0 aliphatic rings. The van der Waals surface area contributed by atoms with Gasteiger partial charge in [-0.2, -0.15) is 0 Å². The predicted octanol–water partition coefficient (Wildman–Crippen LogP) is 0.355. The number of para-hydroxylation sites is 1. The maximum atomic E-state index is 11.8. The lowest BCUT2D eigenvalue weighted by molar-refractivity contribution is -0.143. The van der Waals surface area contributed by atoms with Gasteiger partial charge in [0.05, 0.1) is 13.1 Å². The summed E-state index contributed by atoms with van der Waals surface area (Å²) in [5, 5.41) is 13.5. The highest BCUT2D eigenvalue weighted by molar-refractivity contribution is 5.92. The first-order chi connectivity index (χ1) is 10.0. The van der Waals surface area contributed by atoms with Crippen LogP contribution in [0.4, 0.5) is 10.5 Å². The smallest absolute Gasteiger partial charge is 0.323 e. The SMILES string of the molecule is C#CCN(CC(=O)O)C(=O)CNC(=O)Nc1ccccc1. The lowest BCUT2D eigenvalue weighted by atomic mass is 10.3. The predicted molar refractivity (Wildman–Crippen MR) is 76.5 cm³/mol. The van der Waals surface area contributed by atoms with Crippen molar-refractivity contribution in [2.24, 2.45) is 0 Å². The monoisotopic (exact) mass is 289 g/mol. The minimum absolute atomic E-state index is 0.132. The van der Waals surface area contributed by atoms with Gasteiger partial charge < -0.3 is 20.6 Å². The van der Waals surface area contributed by atoms with Gasteiger partial charge in [0.2, 0.25) is 5.91 Å². The summed E-state index contributed by atoms with van der Waals surface area (Å²) < 4.78 is 0. The van der Waals surface area contributed by atoms with Crippen molar-refractivity contribution < 1.29 is 19.5 Å². The maximum absolute atomic E-state index is 11.8. The van der Waals surface area contributed by atoms with Crippen molar-refractivity contribution >= 4 is 23.6 Å². The van der Waals surface area contributed by atoms with Crippen LogP contribution in [-0.2, 0) is 9.59 Å². The molecule has 0 saturated carbocycles. The molecule has 0 bridgehead atoms. The zero-order valence-electron chi connectivity index (χ0n) is 11.2. The van der Waals surface area contributed by atoms with Gasteiger partial charge in [-0.15, -0.1) is 6.42 Å². The summed E-state index contributed by atoms with van der Waals surface area (Å²) in [7, 11) is 0. The summed E-state index contributed by atoms with van der Waals surface area (Å²) in [4.78, 5) is 34.9. The van der Waals surface area contributed by atoms with E-state index >= 15 is 0 Å². The van der Waals surface area contributed by atoms with Crippen molar-refractivity contribution in [3.05, 3.63) is 30.3 Å². The highest BCUT2D eigenvalue weighted by atomic mass is 16.4. The first kappa shape index (κ1) is 16.0. The zero-order valence-corrected chi connectivity index (χ0v) is 11.2. The van der Waals surface area contributed by atoms with Gasteiger partial charge in [-0.25, -0.2) is 4.79 Å². The molecular formula is C14H15N3O4. The molecule has 1 rings (SSSR count). The van der Waals surface area contributed by atoms with Crippen LogP contribution >= 0.6 is 0 Å². The fraction of sp³-hybridized carbons (Fsp3) is 0.214. The van der Waals surface area contributed by atoms with Gasteiger partial charge in [-0.3, -0.25) is 9.59 Å². The van der Waals surface area contributed by atoms with Crippen molar-refractivity contribution in [2.45, 2.75) is 0 Å². The molecule has 0 aromatic heterocycles. The van der Waals surface area contributed by atoms with Crippen molar-refractivity contribution in [3.63, 3.8) is 0 Å². The zero-order chi connectivity index (χ0) is 15.7. The lowest BCUT2D eigenvalue weighted by Crippen LogP contribution is -2.43. The number of carboxylic acid groups (broad SMARTS) is 1. The fourth-order valence-electron chi connectivity index (χ4n) is 1.47. The average Bonchev–Trinajstić information content (AvgIpc) is 2.45. The summed E-state index contributed by atoms with van der Waals surface area (Å²) in [6.07, 6.45) is 5.06. The van der Waals surface area contributed by atoms with Gasteiger partial charge in [-0.1, -0.05) is 24.1 Å². The minimum Gasteiger partial charge on any atom is -0.480 e. The number of anilines is 1. The maximum Gasteiger partial charge on any atom is 0.323 e. The molecule has 7 nitrogen and oxygen atoms in total. The number of aliphatic carboxylic acids is 1. The molecule has 0 aliphatic carbocycles. The number of nitrogens with one attached hydrogen (secondary N) is 2. The van der Waals surface area contributed by atoms with Crippen molar-refractivity contribution in [3.8, 4) is 12.3 Å². The number of hydrogen-bond acceptors (Lipinski definition) is 3. The quantitative estimate of drug-likeness (QED) is 0.658. The second-order valence-electron chi connectivity index (χ2n) is 4.02. The molecule has 0 aliphatic heterocycles. The molecule has 0 unspecified atom stereocenters. The van der Waals surface area contributed by atoms with Gasteiger partial charge >= 0.3 is 12.0 Å². The Balaban J connectivity index is 2.45. The lowest BCUT2D eigenvalue weighted by Gasteiger charge is -2.18. The second kappa shape index (κ2) is 8.22. The van der Waals surface area contributed by atoms with Crippen LogP contribution in [0.15, 0.2) is 30.3 Å². The number of carbonyl (C=O) groups is 3. The van der Waals surface area contributed by atoms with Crippen LogP contribution in [0, 0.1) is 12.3 Å². The summed E-state index contributed by atoms with van der Waals surface area (Å²) in [6, 6.07) is 8.12. The molecule has 0 saturated heterocycles. The molecule has 0 fully saturated rings. The molecule has 1 aromatic rings. The van der Waals surface area contributed by atoms with E-state index in [0.29, 0.717) is 5.69 Å². The normalized spacial score (nSPS) is 9.29. The third kappa shape index (κ3) is 6.11. The van der Waals surface area contributed by atoms with Gasteiger partial charge in [0.25, 0.3) is 0 Å². The highest BCUT2D eigenvalue weighted by Crippen LogP contribution is 2.03. The Labute approximate surface area is 121 Å². The van der Waals surface area contributed by atoms with E-state index in [1.54, 1.807) is 30.3 Å². The minimum atomic E-state index is -1.17. The molecule has 1 aromatic carbocycles. The van der Waals surface area contributed by atoms with Crippen LogP contribution in [0.5, 0.6) is 0 Å². The number of nitrogens with zero attached hydrogens (tertiary/aromatic N) is 1. The van der Waals surface area contributed by atoms with E-state index in [4.69, 9.17) is 11.5 Å². The van der Waals surface area contributed by atoms with Crippen LogP contribution in [0.2, 0.25) is 0 Å². The third-order valence-corrected chi connectivity index (χ3v) is 2.39. The average molecular weight is 289 g/mol. The topological polar surface area (TPSA) is 98.7 Å². The van der Waals surface area contributed by atoms with Gasteiger partial charge in [0.1, 0.15) is 6.54 Å². The van der Waals surface area contributed by atoms with Gasteiger partial charge in [0.15, 0.2) is 0 Å². The number of hydrogen-bond donors (Lipinski definition) is 3. The Kier molecular flexibility index (Phi) is 6.28. The van der Waals surface area contributed by atoms with Crippen LogP contribution in [0.25, 0.3) is 0 Å². The molecule has 3 amide bonds. The van der Waals surface area contributed by atoms with E-state index in [1.807, 2.05) is 0 Å². The molecule has 0 spiro atoms. The number of carboxylic acids is 1. The van der Waals surface area contributed by atoms with E-state index in [2.05, 4.69) is 16.6 Å². The molecule has 7 heteroatoms. The summed E-state index contributed by atoms with van der Waals surface area (Å²) in [5.74, 6) is 0.450. The van der Waals surface area contributed by atoms with E-state index in [1.165, 1.54) is 0 Å². The Morgan fingerprint density at radius 2 is 1.90 bits per heavy atom. The summed E-state index contributed by atoms with van der Waals surface area (Å²) in [6.45, 7) is -0.980. The Bertz CT molecular complexity index is 551. The molecule has 21 heavy (non-hydrogen) atoms. The standard InChI is InChI=1S/C14H15N3O4/c1-2-8-17(10-13(19)20)12(18)9-15-14(21)16-11-6-4-3-5-7-11/h1,3-7H,8-10H2,(H,19,20)(H2,15,16,21). The van der Waals surface area contributed by atoms with Gasteiger partial charge in [0, 0.05) is 5.69 Å². The Morgan fingerprint density at radius 3 is 2.48 bits per heavy atom. The van der Waals surface area contributed by atoms with E-state index < -0.39 is 24.5 Å². The number of amides is 3. The second-order valence-corrected chi connectivity index (χ2v) is 4.02. The Hall–Kier alpha value is -3.01. The first-order valence-electron chi connectivity index (χ1n) is 6.06. The fourth-order valence-corrected chi connectivity index (χ4v) is 1.47. The molecule has 0 heterocycles. The van der Waals surface area contributed by atoms with Crippen molar-refractivity contribution in [1.29, 1.82) is 0 Å².